The van der Waals surface area contributed by atoms with E-state index in [0.717, 1.165) is 5.56 Å². The molecule has 1 fully saturated rings. The summed E-state index contributed by atoms with van der Waals surface area (Å²) < 4.78 is 10.9. The van der Waals surface area contributed by atoms with Crippen LogP contribution >= 0.6 is 0 Å². The molecule has 7 nitrogen and oxygen atoms in total. The van der Waals surface area contributed by atoms with E-state index in [9.17, 15) is 14.4 Å². The van der Waals surface area contributed by atoms with Gasteiger partial charge in [-0.05, 0) is 17.7 Å². The number of benzene rings is 2. The molecule has 3 aromatic rings. The van der Waals surface area contributed by atoms with Crippen molar-refractivity contribution in [2.45, 2.75) is 6.10 Å². The molecule has 4 rings (SSSR count). The van der Waals surface area contributed by atoms with Crippen LogP contribution in [0.2, 0.25) is 0 Å². The van der Waals surface area contributed by atoms with E-state index in [2.05, 4.69) is 5.32 Å². The molecule has 0 bridgehead atoms. The molecule has 1 aromatic heterocycles. The van der Waals surface area contributed by atoms with Crippen LogP contribution in [0.25, 0.3) is 11.0 Å². The average Bonchev–Trinajstić information content (AvgIpc) is 2.77. The monoisotopic (exact) mass is 392 g/mol. The third-order valence-electron chi connectivity index (χ3n) is 4.88. The second-order valence-corrected chi connectivity index (χ2v) is 6.78. The lowest BCUT2D eigenvalue weighted by Crippen LogP contribution is -2.46. The molecule has 1 aliphatic rings. The van der Waals surface area contributed by atoms with Crippen molar-refractivity contribution in [3.05, 3.63) is 82.2 Å². The molecule has 1 atom stereocenters. The van der Waals surface area contributed by atoms with Crippen molar-refractivity contribution in [2.24, 2.45) is 0 Å². The van der Waals surface area contributed by atoms with Gasteiger partial charge in [0.25, 0.3) is 5.91 Å². The second-order valence-electron chi connectivity index (χ2n) is 6.78. The van der Waals surface area contributed by atoms with E-state index in [0.29, 0.717) is 30.7 Å². The van der Waals surface area contributed by atoms with Gasteiger partial charge in [0.05, 0.1) is 19.7 Å². The highest BCUT2D eigenvalue weighted by Gasteiger charge is 2.25. The summed E-state index contributed by atoms with van der Waals surface area (Å²) in [6.07, 6.45) is -0.197. The van der Waals surface area contributed by atoms with Gasteiger partial charge in [-0.1, -0.05) is 48.5 Å². The second kappa shape index (κ2) is 8.28. The molecule has 2 amide bonds. The molecule has 0 radical (unpaired) electrons. The summed E-state index contributed by atoms with van der Waals surface area (Å²) in [4.78, 5) is 38.7. The fraction of sp³-hybridized carbons (Fsp3) is 0.227. The Balaban J connectivity index is 1.40. The molecular formula is C22H20N2O5. The fourth-order valence-electron chi connectivity index (χ4n) is 3.33. The van der Waals surface area contributed by atoms with Gasteiger partial charge in [-0.2, -0.15) is 0 Å². The predicted octanol–water partition coefficient (Wildman–Crippen LogP) is 2.12. The maximum atomic E-state index is 12.6. The molecule has 0 spiro atoms. The summed E-state index contributed by atoms with van der Waals surface area (Å²) in [6.45, 7) is 1.09. The lowest BCUT2D eigenvalue weighted by molar-refractivity contribution is -0.137. The van der Waals surface area contributed by atoms with Crippen molar-refractivity contribution >= 4 is 22.8 Å². The molecule has 2 heterocycles. The highest BCUT2D eigenvalue weighted by molar-refractivity contribution is 5.98. The zero-order valence-corrected chi connectivity index (χ0v) is 15.7. The molecule has 1 unspecified atom stereocenters. The topological polar surface area (TPSA) is 88.8 Å². The van der Waals surface area contributed by atoms with Crippen LogP contribution in [0.5, 0.6) is 0 Å². The molecule has 7 heteroatoms. The van der Waals surface area contributed by atoms with Crippen LogP contribution in [0.1, 0.15) is 22.0 Å². The first kappa shape index (κ1) is 18.9. The van der Waals surface area contributed by atoms with E-state index in [1.54, 1.807) is 29.2 Å². The Morgan fingerprint density at radius 1 is 1.07 bits per heavy atom. The van der Waals surface area contributed by atoms with E-state index < -0.39 is 11.5 Å². The maximum Gasteiger partial charge on any atom is 0.349 e. The maximum absolute atomic E-state index is 12.6. The van der Waals surface area contributed by atoms with Crippen LogP contribution in [0, 0.1) is 0 Å². The van der Waals surface area contributed by atoms with E-state index in [4.69, 9.17) is 9.15 Å². The van der Waals surface area contributed by atoms with Crippen molar-refractivity contribution in [3.63, 3.8) is 0 Å². The van der Waals surface area contributed by atoms with Crippen molar-refractivity contribution in [1.29, 1.82) is 0 Å². The third kappa shape index (κ3) is 4.20. The Bertz CT molecular complexity index is 1090. The molecule has 0 saturated carbocycles. The average molecular weight is 392 g/mol. The van der Waals surface area contributed by atoms with Crippen LogP contribution in [-0.2, 0) is 9.53 Å². The van der Waals surface area contributed by atoms with Gasteiger partial charge in [0.2, 0.25) is 5.91 Å². The van der Waals surface area contributed by atoms with E-state index in [1.807, 2.05) is 30.3 Å². The van der Waals surface area contributed by atoms with Gasteiger partial charge in [0, 0.05) is 11.9 Å². The standard InChI is InChI=1S/C22H20N2O5/c25-20(24-10-11-28-19(14-24)15-6-2-1-3-7-15)13-23-21(26)17-12-16-8-4-5-9-18(16)29-22(17)27/h1-9,12,19H,10-11,13-14H2,(H,23,26). The van der Waals surface area contributed by atoms with Crippen molar-refractivity contribution in [2.75, 3.05) is 26.2 Å². The van der Waals surface area contributed by atoms with Crippen molar-refractivity contribution in [1.82, 2.24) is 10.2 Å². The Hall–Kier alpha value is -3.45. The summed E-state index contributed by atoms with van der Waals surface area (Å²) >= 11 is 0. The molecule has 29 heavy (non-hydrogen) atoms. The van der Waals surface area contributed by atoms with Crippen molar-refractivity contribution < 1.29 is 18.7 Å². The number of fused-ring (bicyclic) bond motifs is 1. The molecular weight excluding hydrogens is 372 g/mol. The van der Waals surface area contributed by atoms with E-state index in [1.165, 1.54) is 6.07 Å². The van der Waals surface area contributed by atoms with Crippen LogP contribution in [0.15, 0.2) is 69.9 Å². The number of ether oxygens (including phenoxy) is 1. The Morgan fingerprint density at radius 2 is 1.83 bits per heavy atom. The lowest BCUT2D eigenvalue weighted by atomic mass is 10.1. The Morgan fingerprint density at radius 3 is 2.66 bits per heavy atom. The van der Waals surface area contributed by atoms with Crippen LogP contribution < -0.4 is 10.9 Å². The van der Waals surface area contributed by atoms with Gasteiger partial charge >= 0.3 is 5.63 Å². The van der Waals surface area contributed by atoms with Gasteiger partial charge in [0.1, 0.15) is 17.3 Å². The van der Waals surface area contributed by atoms with Crippen LogP contribution in [0.3, 0.4) is 0 Å². The molecule has 148 valence electrons. The molecule has 1 aliphatic heterocycles. The molecule has 2 aromatic carbocycles. The number of hydrogen-bond donors (Lipinski definition) is 1. The van der Waals surface area contributed by atoms with Crippen LogP contribution in [0.4, 0.5) is 0 Å². The minimum absolute atomic E-state index is 0.124. The highest BCUT2D eigenvalue weighted by atomic mass is 16.5. The number of hydrogen-bond acceptors (Lipinski definition) is 5. The van der Waals surface area contributed by atoms with Gasteiger partial charge < -0.3 is 19.4 Å². The zero-order chi connectivity index (χ0) is 20.2. The number of carbonyl (C=O) groups excluding carboxylic acids is 2. The number of carbonyl (C=O) groups is 2. The number of para-hydroxylation sites is 1. The predicted molar refractivity (Wildman–Crippen MR) is 107 cm³/mol. The summed E-state index contributed by atoms with van der Waals surface area (Å²) in [7, 11) is 0. The highest BCUT2D eigenvalue weighted by Crippen LogP contribution is 2.21. The van der Waals surface area contributed by atoms with Gasteiger partial charge in [-0.25, -0.2) is 4.79 Å². The number of amides is 2. The Labute approximate surface area is 166 Å². The first-order valence-corrected chi connectivity index (χ1v) is 9.37. The first-order chi connectivity index (χ1) is 14.1. The summed E-state index contributed by atoms with van der Waals surface area (Å²) in [5.41, 5.74) is 0.554. The smallest absolute Gasteiger partial charge is 0.349 e. The quantitative estimate of drug-likeness (QED) is 0.687. The third-order valence-corrected chi connectivity index (χ3v) is 4.88. The number of nitrogens with one attached hydrogen (secondary N) is 1. The van der Waals surface area contributed by atoms with Gasteiger partial charge in [-0.3, -0.25) is 9.59 Å². The summed E-state index contributed by atoms with van der Waals surface area (Å²) in [6, 6.07) is 18.1. The SMILES string of the molecule is O=C(NCC(=O)N1CCOC(c2ccccc2)C1)c1cc2ccccc2oc1=O. The summed E-state index contributed by atoms with van der Waals surface area (Å²) in [5, 5.41) is 3.17. The van der Waals surface area contributed by atoms with Crippen molar-refractivity contribution in [3.8, 4) is 0 Å². The minimum Gasteiger partial charge on any atom is -0.422 e. The minimum atomic E-state index is -0.732. The van der Waals surface area contributed by atoms with E-state index in [-0.39, 0.29) is 24.1 Å². The zero-order valence-electron chi connectivity index (χ0n) is 15.7. The Kier molecular flexibility index (Phi) is 5.39. The number of morpholine rings is 1. The molecule has 1 N–H and O–H groups in total. The van der Waals surface area contributed by atoms with Crippen LogP contribution in [-0.4, -0.2) is 43.0 Å². The number of rotatable bonds is 4. The summed E-state index contributed by atoms with van der Waals surface area (Å²) in [5.74, 6) is -0.863. The lowest BCUT2D eigenvalue weighted by Gasteiger charge is -2.33. The van der Waals surface area contributed by atoms with Gasteiger partial charge in [-0.15, -0.1) is 0 Å². The fourth-order valence-corrected chi connectivity index (χ4v) is 3.33. The van der Waals surface area contributed by atoms with E-state index >= 15 is 0 Å². The van der Waals surface area contributed by atoms with Gasteiger partial charge in [0.15, 0.2) is 0 Å². The largest absolute Gasteiger partial charge is 0.422 e. The molecule has 1 saturated heterocycles. The first-order valence-electron chi connectivity index (χ1n) is 9.37. The molecule has 0 aliphatic carbocycles. The number of nitrogens with zero attached hydrogens (tertiary/aromatic N) is 1. The normalized spacial score (nSPS) is 16.6.